The van der Waals surface area contributed by atoms with Crippen LogP contribution in [0, 0.1) is 17.5 Å². The van der Waals surface area contributed by atoms with Crippen LogP contribution >= 0.6 is 23.2 Å². The summed E-state index contributed by atoms with van der Waals surface area (Å²) in [5, 5.41) is 10.1. The van der Waals surface area contributed by atoms with Crippen LogP contribution < -0.4 is 13.8 Å². The summed E-state index contributed by atoms with van der Waals surface area (Å²) in [6, 6.07) is 9.92. The average molecular weight is 560 g/mol. The van der Waals surface area contributed by atoms with Gasteiger partial charge in [0.05, 0.1) is 0 Å². The van der Waals surface area contributed by atoms with Crippen molar-refractivity contribution in [2.24, 2.45) is 0 Å². The molecule has 0 aliphatic rings. The first-order valence-corrected chi connectivity index (χ1v) is 11.8. The Morgan fingerprint density at radius 3 is 2.27 bits per heavy atom. The van der Waals surface area contributed by atoms with E-state index in [2.05, 4.69) is 0 Å². The van der Waals surface area contributed by atoms with Crippen LogP contribution in [-0.2, 0) is 0 Å². The zero-order valence-electron chi connectivity index (χ0n) is 16.5. The number of carboxylic acid groups (broad SMARTS) is 1. The molecule has 0 unspecified atom stereocenters. The van der Waals surface area contributed by atoms with Gasteiger partial charge in [0.1, 0.15) is 0 Å². The van der Waals surface area contributed by atoms with Crippen molar-refractivity contribution < 1.29 is 37.3 Å². The number of halogens is 5. The minimum atomic E-state index is -1.46. The Labute approximate surface area is 202 Å². The second-order valence-corrected chi connectivity index (χ2v) is 9.57. The molecule has 3 aromatic carbocycles. The number of hydrogen-bond acceptors (Lipinski definition) is 4. The molecule has 0 amide bonds. The Balaban J connectivity index is 1.67. The van der Waals surface area contributed by atoms with E-state index >= 15 is 0 Å². The predicted octanol–water partition coefficient (Wildman–Crippen LogP) is 4.74. The van der Waals surface area contributed by atoms with Crippen LogP contribution in [0.3, 0.4) is 0 Å². The minimum absolute atomic E-state index is 0.130. The van der Waals surface area contributed by atoms with Gasteiger partial charge in [0, 0.05) is 0 Å². The number of carbonyl (C=O) groups is 2. The number of carboxylic acids is 1. The van der Waals surface area contributed by atoms with Gasteiger partial charge in [0.15, 0.2) is 0 Å². The van der Waals surface area contributed by atoms with E-state index in [1.165, 1.54) is 36.4 Å². The van der Waals surface area contributed by atoms with E-state index in [-0.39, 0.29) is 39.7 Å². The van der Waals surface area contributed by atoms with Crippen molar-refractivity contribution in [3.8, 4) is 11.5 Å². The van der Waals surface area contributed by atoms with Gasteiger partial charge in [0.25, 0.3) is 0 Å². The van der Waals surface area contributed by atoms with E-state index in [4.69, 9.17) is 32.7 Å². The van der Waals surface area contributed by atoms with Crippen molar-refractivity contribution in [3.05, 3.63) is 87.2 Å². The van der Waals surface area contributed by atoms with Crippen molar-refractivity contribution in [2.45, 2.75) is 0 Å². The summed E-state index contributed by atoms with van der Waals surface area (Å²) in [5.41, 5.74) is 0.112. The Kier molecular flexibility index (Phi) is 8.29. The second-order valence-electron chi connectivity index (χ2n) is 6.39. The molecule has 1 radical (unpaired) electrons. The van der Waals surface area contributed by atoms with Gasteiger partial charge in [0.2, 0.25) is 0 Å². The molecular formula is C22H13AsCl2F3O5. The summed E-state index contributed by atoms with van der Waals surface area (Å²) < 4.78 is 50.6. The maximum atomic E-state index is 13.6. The van der Waals surface area contributed by atoms with Crippen LogP contribution in [0.5, 0.6) is 11.5 Å². The fourth-order valence-electron chi connectivity index (χ4n) is 2.65. The summed E-state index contributed by atoms with van der Waals surface area (Å²) in [4.78, 5) is 24.3. The Morgan fingerprint density at radius 2 is 1.58 bits per heavy atom. The standard InChI is InChI=1S/C22H13AsCl2F3O5/c24-11-1-3-13(16(25)9-11)21(29)23-15-4-2-12(10-14(15)22(30)31)32-7-8-33-20-18(27)6-5-17(26)19(20)28/h1-6,9-10H,7-8H2,(H,30,31). The maximum absolute atomic E-state index is 13.6. The Morgan fingerprint density at radius 1 is 0.879 bits per heavy atom. The molecule has 0 bridgehead atoms. The van der Waals surface area contributed by atoms with E-state index in [1.54, 1.807) is 0 Å². The summed E-state index contributed by atoms with van der Waals surface area (Å²) >= 11 is 10.6. The SMILES string of the molecule is O=C([As]c1ccc(OCCOc2c(F)ccc(F)c2F)cc1C(=O)O)c1ccc(Cl)cc1Cl. The molecule has 5 nitrogen and oxygen atoms in total. The molecule has 0 aliphatic heterocycles. The first kappa shape index (κ1) is 25.0. The second kappa shape index (κ2) is 11.0. The van der Waals surface area contributed by atoms with Crippen LogP contribution in [0.25, 0.3) is 0 Å². The van der Waals surface area contributed by atoms with Crippen molar-refractivity contribution in [1.29, 1.82) is 0 Å². The number of aromatic carboxylic acids is 1. The molecule has 171 valence electrons. The number of ether oxygens (including phenoxy) is 2. The fraction of sp³-hybridized carbons (Fsp3) is 0.0909. The van der Waals surface area contributed by atoms with Gasteiger partial charge >= 0.3 is 203 Å². The first-order chi connectivity index (χ1) is 15.7. The molecule has 3 aromatic rings. The molecule has 0 fully saturated rings. The third kappa shape index (κ3) is 6.22. The van der Waals surface area contributed by atoms with E-state index in [9.17, 15) is 27.9 Å². The van der Waals surface area contributed by atoms with Gasteiger partial charge < -0.3 is 0 Å². The molecule has 0 aromatic heterocycles. The summed E-state index contributed by atoms with van der Waals surface area (Å²) in [7, 11) is 0. The quantitative estimate of drug-likeness (QED) is 0.233. The zero-order valence-corrected chi connectivity index (χ0v) is 19.8. The fourth-order valence-corrected chi connectivity index (χ4v) is 5.31. The molecule has 11 heteroatoms. The molecule has 0 heterocycles. The van der Waals surface area contributed by atoms with Gasteiger partial charge in [-0.2, -0.15) is 0 Å². The molecule has 0 saturated carbocycles. The Bertz CT molecular complexity index is 1220. The third-order valence-corrected chi connectivity index (χ3v) is 6.99. The topological polar surface area (TPSA) is 72.8 Å². The summed E-state index contributed by atoms with van der Waals surface area (Å²) in [6.07, 6.45) is 0. The molecule has 0 atom stereocenters. The molecule has 3 rings (SSSR count). The first-order valence-electron chi connectivity index (χ1n) is 9.15. The van der Waals surface area contributed by atoms with Crippen molar-refractivity contribution in [3.63, 3.8) is 0 Å². The predicted molar refractivity (Wildman–Crippen MR) is 117 cm³/mol. The van der Waals surface area contributed by atoms with Crippen molar-refractivity contribution in [2.75, 3.05) is 13.2 Å². The molecule has 0 aliphatic carbocycles. The Hall–Kier alpha value is -2.67. The van der Waals surface area contributed by atoms with Gasteiger partial charge in [-0.25, -0.2) is 0 Å². The van der Waals surface area contributed by atoms with E-state index in [0.29, 0.717) is 15.4 Å². The van der Waals surface area contributed by atoms with Gasteiger partial charge in [-0.05, 0) is 0 Å². The van der Waals surface area contributed by atoms with Gasteiger partial charge in [-0.1, -0.05) is 0 Å². The van der Waals surface area contributed by atoms with Gasteiger partial charge in [-0.15, -0.1) is 0 Å². The number of hydrogen-bond donors (Lipinski definition) is 1. The van der Waals surface area contributed by atoms with Crippen LogP contribution in [-0.4, -0.2) is 44.6 Å². The van der Waals surface area contributed by atoms with E-state index < -0.39 is 44.9 Å². The normalized spacial score (nSPS) is 11.1. The van der Waals surface area contributed by atoms with E-state index in [1.807, 2.05) is 0 Å². The number of benzene rings is 3. The van der Waals surface area contributed by atoms with Crippen molar-refractivity contribution >= 4 is 53.8 Å². The van der Waals surface area contributed by atoms with Crippen LogP contribution in [0.1, 0.15) is 20.7 Å². The molecular weight excluding hydrogens is 547 g/mol. The molecule has 0 spiro atoms. The molecule has 0 saturated heterocycles. The number of rotatable bonds is 9. The van der Waals surface area contributed by atoms with Crippen LogP contribution in [0.2, 0.25) is 10.0 Å². The summed E-state index contributed by atoms with van der Waals surface area (Å²) in [5.74, 6) is -5.78. The summed E-state index contributed by atoms with van der Waals surface area (Å²) in [6.45, 7) is -0.540. The molecule has 1 N–H and O–H groups in total. The van der Waals surface area contributed by atoms with E-state index in [0.717, 1.165) is 6.07 Å². The average Bonchev–Trinajstić information content (AvgIpc) is 2.76. The monoisotopic (exact) mass is 559 g/mol. The van der Waals surface area contributed by atoms with Crippen LogP contribution in [0.15, 0.2) is 48.5 Å². The van der Waals surface area contributed by atoms with Gasteiger partial charge in [-0.3, -0.25) is 0 Å². The number of carbonyl (C=O) groups excluding carboxylic acids is 1. The molecule has 33 heavy (non-hydrogen) atoms. The van der Waals surface area contributed by atoms with Crippen molar-refractivity contribution in [1.82, 2.24) is 0 Å². The zero-order chi connectivity index (χ0) is 24.1. The van der Waals surface area contributed by atoms with Crippen LogP contribution in [0.4, 0.5) is 13.2 Å². The third-order valence-electron chi connectivity index (χ3n) is 4.18.